The average Bonchev–Trinajstić information content (AvgIpc) is 3.20. The van der Waals surface area contributed by atoms with Crippen molar-refractivity contribution in [1.29, 1.82) is 0 Å². The zero-order chi connectivity index (χ0) is 24.1. The summed E-state index contributed by atoms with van der Waals surface area (Å²) < 4.78 is 13.0. The number of allylic oxidation sites excluding steroid dienone is 1. The van der Waals surface area contributed by atoms with Crippen molar-refractivity contribution in [3.8, 4) is 17.0 Å². The van der Waals surface area contributed by atoms with E-state index in [1.54, 1.807) is 13.2 Å². The molecule has 0 atom stereocenters. The van der Waals surface area contributed by atoms with E-state index < -0.39 is 0 Å². The molecule has 176 valence electrons. The van der Waals surface area contributed by atoms with Crippen LogP contribution in [-0.2, 0) is 11.3 Å². The van der Waals surface area contributed by atoms with Crippen molar-refractivity contribution in [2.24, 2.45) is 0 Å². The molecule has 0 amide bonds. The van der Waals surface area contributed by atoms with E-state index in [1.807, 2.05) is 62.5 Å². The number of fused-ring (bicyclic) bond motifs is 2. The van der Waals surface area contributed by atoms with Crippen LogP contribution in [0.4, 0.5) is 0 Å². The van der Waals surface area contributed by atoms with E-state index in [0.29, 0.717) is 30.2 Å². The molecule has 7 heteroatoms. The Morgan fingerprint density at radius 2 is 2.12 bits per heavy atom. The molecular formula is C27H30N4O3. The zero-order valence-corrected chi connectivity index (χ0v) is 19.9. The van der Waals surface area contributed by atoms with Crippen molar-refractivity contribution >= 4 is 16.6 Å². The topological polar surface area (TPSA) is 80.7 Å². The third kappa shape index (κ3) is 4.89. The molecule has 4 aromatic rings. The van der Waals surface area contributed by atoms with Crippen LogP contribution in [-0.4, -0.2) is 34.6 Å². The predicted molar refractivity (Wildman–Crippen MR) is 136 cm³/mol. The first-order valence-corrected chi connectivity index (χ1v) is 11.3. The van der Waals surface area contributed by atoms with Gasteiger partial charge in [0, 0.05) is 31.8 Å². The fourth-order valence-corrected chi connectivity index (χ4v) is 3.95. The molecule has 0 saturated heterocycles. The number of aromatic amines is 1. The first-order valence-electron chi connectivity index (χ1n) is 11.3. The summed E-state index contributed by atoms with van der Waals surface area (Å²) in [4.78, 5) is 20.9. The van der Waals surface area contributed by atoms with Gasteiger partial charge in [0.05, 0.1) is 35.3 Å². The summed E-state index contributed by atoms with van der Waals surface area (Å²) in [6.07, 6.45) is 6.51. The van der Waals surface area contributed by atoms with Gasteiger partial charge in [-0.2, -0.15) is 0 Å². The summed E-state index contributed by atoms with van der Waals surface area (Å²) >= 11 is 0. The fourth-order valence-electron chi connectivity index (χ4n) is 3.95. The number of benzene rings is 1. The van der Waals surface area contributed by atoms with Gasteiger partial charge >= 0.3 is 0 Å². The number of imidazole rings is 1. The van der Waals surface area contributed by atoms with Gasteiger partial charge in [0.25, 0.3) is 5.56 Å². The molecule has 1 aromatic carbocycles. The summed E-state index contributed by atoms with van der Waals surface area (Å²) in [5.74, 6) is 1.62. The summed E-state index contributed by atoms with van der Waals surface area (Å²) in [5.41, 5.74) is 4.61. The Bertz CT molecular complexity index is 1410. The van der Waals surface area contributed by atoms with Crippen LogP contribution in [0.1, 0.15) is 24.6 Å². The number of nitrogens with one attached hydrogen (secondary N) is 2. The quantitative estimate of drug-likeness (QED) is 0.204. The second kappa shape index (κ2) is 10.4. The molecule has 0 aliphatic rings. The number of pyridine rings is 2. The second-order valence-electron chi connectivity index (χ2n) is 8.09. The van der Waals surface area contributed by atoms with E-state index in [0.717, 1.165) is 46.5 Å². The normalized spacial score (nSPS) is 11.8. The van der Waals surface area contributed by atoms with Crippen LogP contribution in [0.25, 0.3) is 27.8 Å². The standard InChI is InChI=1S/C27H30N4O3/c1-5-13-34-20(6-2)11-12-28-16-24-26(30-25-10-7-18(3)17-31(24)25)22-14-19-8-9-21(33-4)15-23(19)29-27(22)32/h5-10,14-15,17,28H,1,11-13,16H2,2-4H3,(H,29,32)/b20-6-. The van der Waals surface area contributed by atoms with Crippen molar-refractivity contribution in [3.63, 3.8) is 0 Å². The number of H-pyrrole nitrogens is 1. The van der Waals surface area contributed by atoms with Crippen molar-refractivity contribution in [3.05, 3.63) is 88.7 Å². The maximum atomic E-state index is 13.1. The van der Waals surface area contributed by atoms with Crippen LogP contribution in [0.15, 0.2) is 71.9 Å². The van der Waals surface area contributed by atoms with Gasteiger partial charge in [-0.3, -0.25) is 4.79 Å². The Hall–Kier alpha value is -3.84. The van der Waals surface area contributed by atoms with Gasteiger partial charge in [0.1, 0.15) is 18.0 Å². The molecule has 3 aromatic heterocycles. The number of aryl methyl sites for hydroxylation is 1. The van der Waals surface area contributed by atoms with Gasteiger partial charge in [-0.15, -0.1) is 0 Å². The van der Waals surface area contributed by atoms with Crippen molar-refractivity contribution in [2.75, 3.05) is 20.3 Å². The molecular weight excluding hydrogens is 428 g/mol. The summed E-state index contributed by atoms with van der Waals surface area (Å²) in [7, 11) is 1.61. The molecule has 0 aliphatic heterocycles. The molecule has 0 spiro atoms. The van der Waals surface area contributed by atoms with E-state index in [9.17, 15) is 4.79 Å². The van der Waals surface area contributed by atoms with E-state index in [-0.39, 0.29) is 5.56 Å². The summed E-state index contributed by atoms with van der Waals surface area (Å²) in [5, 5.41) is 4.40. The lowest BCUT2D eigenvalue weighted by molar-refractivity contribution is 0.234. The minimum Gasteiger partial charge on any atom is -0.497 e. The smallest absolute Gasteiger partial charge is 0.257 e. The average molecular weight is 459 g/mol. The number of nitrogens with zero attached hydrogens (tertiary/aromatic N) is 2. The molecule has 0 radical (unpaired) electrons. The Balaban J connectivity index is 1.68. The van der Waals surface area contributed by atoms with Crippen LogP contribution in [0.5, 0.6) is 5.75 Å². The van der Waals surface area contributed by atoms with E-state index in [1.165, 1.54) is 0 Å². The number of aromatic nitrogens is 3. The minimum absolute atomic E-state index is 0.184. The van der Waals surface area contributed by atoms with Gasteiger partial charge in [-0.05, 0) is 55.1 Å². The zero-order valence-electron chi connectivity index (χ0n) is 19.9. The number of hydrogen-bond acceptors (Lipinski definition) is 5. The highest BCUT2D eigenvalue weighted by Gasteiger charge is 2.17. The third-order valence-electron chi connectivity index (χ3n) is 5.72. The largest absolute Gasteiger partial charge is 0.497 e. The summed E-state index contributed by atoms with van der Waals surface area (Å²) in [6.45, 7) is 9.47. The predicted octanol–water partition coefficient (Wildman–Crippen LogP) is 4.75. The number of rotatable bonds is 10. The Morgan fingerprint density at radius 3 is 2.88 bits per heavy atom. The first-order chi connectivity index (χ1) is 16.5. The van der Waals surface area contributed by atoms with Crippen LogP contribution in [0.2, 0.25) is 0 Å². The van der Waals surface area contributed by atoms with E-state index in [4.69, 9.17) is 14.5 Å². The van der Waals surface area contributed by atoms with Gasteiger partial charge in [0.2, 0.25) is 0 Å². The van der Waals surface area contributed by atoms with Crippen molar-refractivity contribution < 1.29 is 9.47 Å². The monoisotopic (exact) mass is 458 g/mol. The third-order valence-corrected chi connectivity index (χ3v) is 5.72. The summed E-state index contributed by atoms with van der Waals surface area (Å²) in [6, 6.07) is 11.5. The van der Waals surface area contributed by atoms with Crippen LogP contribution in [0, 0.1) is 6.92 Å². The highest BCUT2D eigenvalue weighted by molar-refractivity contribution is 5.84. The van der Waals surface area contributed by atoms with Gasteiger partial charge in [-0.1, -0.05) is 18.7 Å². The highest BCUT2D eigenvalue weighted by Crippen LogP contribution is 2.26. The van der Waals surface area contributed by atoms with E-state index >= 15 is 0 Å². The molecule has 2 N–H and O–H groups in total. The highest BCUT2D eigenvalue weighted by atomic mass is 16.5. The lowest BCUT2D eigenvalue weighted by atomic mass is 10.1. The second-order valence-corrected chi connectivity index (χ2v) is 8.09. The molecule has 4 rings (SSSR count). The Morgan fingerprint density at radius 1 is 1.26 bits per heavy atom. The minimum atomic E-state index is -0.184. The van der Waals surface area contributed by atoms with Gasteiger partial charge < -0.3 is 24.2 Å². The lowest BCUT2D eigenvalue weighted by Crippen LogP contribution is -2.18. The molecule has 0 unspecified atom stereocenters. The maximum Gasteiger partial charge on any atom is 0.257 e. The van der Waals surface area contributed by atoms with Crippen molar-refractivity contribution in [2.45, 2.75) is 26.8 Å². The van der Waals surface area contributed by atoms with Crippen LogP contribution in [0.3, 0.4) is 0 Å². The molecule has 0 bridgehead atoms. The molecule has 0 fully saturated rings. The SMILES string of the molecule is C=CCO/C(=C\C)CCNCc1c(-c2cc3ccc(OC)cc3[nH]c2=O)nc2ccc(C)cn12. The number of hydrogen-bond donors (Lipinski definition) is 2. The molecule has 3 heterocycles. The number of methoxy groups -OCH3 is 1. The molecule has 7 nitrogen and oxygen atoms in total. The molecule has 0 aliphatic carbocycles. The fraction of sp³-hybridized carbons (Fsp3) is 0.259. The van der Waals surface area contributed by atoms with E-state index in [2.05, 4.69) is 21.3 Å². The number of ether oxygens (including phenoxy) is 2. The van der Waals surface area contributed by atoms with Gasteiger partial charge in [-0.25, -0.2) is 4.98 Å². The first kappa shape index (κ1) is 23.3. The molecule has 0 saturated carbocycles. The lowest BCUT2D eigenvalue weighted by Gasteiger charge is -2.11. The van der Waals surface area contributed by atoms with Gasteiger partial charge in [0.15, 0.2) is 0 Å². The Labute approximate surface area is 198 Å². The molecule has 34 heavy (non-hydrogen) atoms. The van der Waals surface area contributed by atoms with Crippen LogP contribution < -0.4 is 15.6 Å². The van der Waals surface area contributed by atoms with Crippen molar-refractivity contribution in [1.82, 2.24) is 19.7 Å². The maximum absolute atomic E-state index is 13.1. The Kier molecular flexibility index (Phi) is 7.13. The van der Waals surface area contributed by atoms with Crippen LogP contribution >= 0.6 is 0 Å².